The van der Waals surface area contributed by atoms with Crippen LogP contribution in [0.2, 0.25) is 0 Å². The Balaban J connectivity index is 2.03. The minimum atomic E-state index is -0.136. The van der Waals surface area contributed by atoms with Gasteiger partial charge in [-0.15, -0.1) is 0 Å². The molecule has 1 N–H and O–H groups in total. The number of methoxy groups -OCH3 is 1. The van der Waals surface area contributed by atoms with Crippen LogP contribution in [0.1, 0.15) is 29.7 Å². The molecule has 1 aliphatic heterocycles. The first-order valence-electron chi connectivity index (χ1n) is 6.59. The molecule has 5 nitrogen and oxygen atoms in total. The molecular formula is C15H17N3O2. The average Bonchev–Trinajstić information content (AvgIpc) is 2.78. The number of benzene rings is 1. The first-order valence-corrected chi connectivity index (χ1v) is 6.59. The first-order chi connectivity index (χ1) is 9.61. The molecule has 0 aliphatic carbocycles. The van der Waals surface area contributed by atoms with Gasteiger partial charge in [-0.3, -0.25) is 4.79 Å². The normalized spacial score (nSPS) is 17.1. The summed E-state index contributed by atoms with van der Waals surface area (Å²) in [5.41, 5.74) is 3.95. The van der Waals surface area contributed by atoms with Crippen LogP contribution in [0, 0.1) is 6.92 Å². The smallest absolute Gasteiger partial charge is 0.269 e. The Morgan fingerprint density at radius 3 is 3.00 bits per heavy atom. The lowest BCUT2D eigenvalue weighted by Crippen LogP contribution is -2.24. The summed E-state index contributed by atoms with van der Waals surface area (Å²) in [6.07, 6.45) is 1.72. The second kappa shape index (κ2) is 4.67. The van der Waals surface area contributed by atoms with Gasteiger partial charge in [-0.1, -0.05) is 6.07 Å². The van der Waals surface area contributed by atoms with Crippen molar-refractivity contribution in [3.63, 3.8) is 0 Å². The predicted octanol–water partition coefficient (Wildman–Crippen LogP) is 2.17. The molecule has 1 atom stereocenters. The highest BCUT2D eigenvalue weighted by molar-refractivity contribution is 5.57. The quantitative estimate of drug-likeness (QED) is 0.909. The van der Waals surface area contributed by atoms with Crippen molar-refractivity contribution in [1.29, 1.82) is 0 Å². The van der Waals surface area contributed by atoms with E-state index < -0.39 is 0 Å². The van der Waals surface area contributed by atoms with Gasteiger partial charge in [-0.05, 0) is 37.1 Å². The Kier molecular flexibility index (Phi) is 2.97. The fraction of sp³-hybridized carbons (Fsp3) is 0.333. The van der Waals surface area contributed by atoms with E-state index in [1.807, 2.05) is 13.0 Å². The van der Waals surface area contributed by atoms with E-state index in [0.29, 0.717) is 5.56 Å². The topological polar surface area (TPSA) is 58.2 Å². The van der Waals surface area contributed by atoms with Gasteiger partial charge in [0, 0.05) is 12.1 Å². The average molecular weight is 271 g/mol. The number of aromatic nitrogens is 2. The second-order valence-electron chi connectivity index (χ2n) is 5.08. The lowest BCUT2D eigenvalue weighted by atomic mass is 10.1. The van der Waals surface area contributed by atoms with Crippen LogP contribution in [-0.4, -0.2) is 17.3 Å². The number of anilines is 1. The summed E-state index contributed by atoms with van der Waals surface area (Å²) in [5, 5.41) is 6.38. The lowest BCUT2D eigenvalue weighted by molar-refractivity contribution is 0.414. The number of nitrogens with zero attached hydrogens (tertiary/aromatic N) is 2. The van der Waals surface area contributed by atoms with Gasteiger partial charge in [-0.25, -0.2) is 5.10 Å². The summed E-state index contributed by atoms with van der Waals surface area (Å²) in [6, 6.07) is 6.32. The van der Waals surface area contributed by atoms with Crippen molar-refractivity contribution in [3.05, 3.63) is 51.4 Å². The fourth-order valence-corrected chi connectivity index (χ4v) is 2.75. The molecule has 5 heteroatoms. The van der Waals surface area contributed by atoms with Gasteiger partial charge in [-0.2, -0.15) is 5.10 Å². The number of rotatable bonds is 2. The number of ether oxygens (including phenoxy) is 1. The highest BCUT2D eigenvalue weighted by Crippen LogP contribution is 2.38. The Labute approximate surface area is 117 Å². The fourth-order valence-electron chi connectivity index (χ4n) is 2.75. The minimum Gasteiger partial charge on any atom is -0.497 e. The maximum Gasteiger partial charge on any atom is 0.269 e. The van der Waals surface area contributed by atoms with Gasteiger partial charge in [0.05, 0.1) is 25.0 Å². The van der Waals surface area contributed by atoms with Crippen molar-refractivity contribution in [3.8, 4) is 5.75 Å². The van der Waals surface area contributed by atoms with Crippen molar-refractivity contribution >= 4 is 5.69 Å². The van der Waals surface area contributed by atoms with Gasteiger partial charge >= 0.3 is 0 Å². The van der Waals surface area contributed by atoms with Crippen LogP contribution in [0.15, 0.2) is 29.2 Å². The second-order valence-corrected chi connectivity index (χ2v) is 5.08. The highest BCUT2D eigenvalue weighted by atomic mass is 16.5. The minimum absolute atomic E-state index is 0.136. The molecule has 1 aromatic carbocycles. The Morgan fingerprint density at radius 1 is 1.45 bits per heavy atom. The molecular weight excluding hydrogens is 254 g/mol. The first kappa shape index (κ1) is 12.7. The zero-order chi connectivity index (χ0) is 14.3. The third kappa shape index (κ3) is 1.86. The van der Waals surface area contributed by atoms with Crippen LogP contribution in [0.25, 0.3) is 0 Å². The van der Waals surface area contributed by atoms with Crippen molar-refractivity contribution in [2.24, 2.45) is 0 Å². The molecule has 3 rings (SSSR count). The van der Waals surface area contributed by atoms with E-state index in [1.54, 1.807) is 13.3 Å². The molecule has 0 fully saturated rings. The Bertz CT molecular complexity index is 709. The van der Waals surface area contributed by atoms with Crippen LogP contribution in [-0.2, 0) is 6.54 Å². The molecule has 0 spiro atoms. The number of fused-ring (bicyclic) bond motifs is 1. The van der Waals surface area contributed by atoms with Crippen LogP contribution >= 0.6 is 0 Å². The van der Waals surface area contributed by atoms with E-state index in [9.17, 15) is 4.79 Å². The van der Waals surface area contributed by atoms with Crippen molar-refractivity contribution in [1.82, 2.24) is 10.2 Å². The van der Waals surface area contributed by atoms with Crippen molar-refractivity contribution in [2.45, 2.75) is 26.4 Å². The third-order valence-corrected chi connectivity index (χ3v) is 4.00. The van der Waals surface area contributed by atoms with Crippen molar-refractivity contribution in [2.75, 3.05) is 12.0 Å². The van der Waals surface area contributed by atoms with Gasteiger partial charge in [0.2, 0.25) is 0 Å². The standard InChI is InChI=1S/C15H17N3O2/c1-9-14(7-16-17-15(9)19)18-8-11-4-5-12(20-3)6-13(11)10(18)2/h4-7,10H,8H2,1-3H3,(H,17,19). The SMILES string of the molecule is COc1ccc2c(c1)C(C)N(c1cn[nH]c(=O)c1C)C2. The molecule has 2 aromatic rings. The highest BCUT2D eigenvalue weighted by Gasteiger charge is 2.28. The third-order valence-electron chi connectivity index (χ3n) is 4.00. The summed E-state index contributed by atoms with van der Waals surface area (Å²) >= 11 is 0. The summed E-state index contributed by atoms with van der Waals surface area (Å²) < 4.78 is 5.29. The number of nitrogens with one attached hydrogen (secondary N) is 1. The Hall–Kier alpha value is -2.30. The van der Waals surface area contributed by atoms with Crippen LogP contribution in [0.4, 0.5) is 5.69 Å². The number of hydrogen-bond acceptors (Lipinski definition) is 4. The molecule has 2 heterocycles. The number of aromatic amines is 1. The van der Waals surface area contributed by atoms with E-state index in [2.05, 4.69) is 34.2 Å². The molecule has 1 unspecified atom stereocenters. The van der Waals surface area contributed by atoms with Gasteiger partial charge < -0.3 is 9.64 Å². The molecule has 1 aliphatic rings. The summed E-state index contributed by atoms with van der Waals surface area (Å²) in [4.78, 5) is 13.9. The van der Waals surface area contributed by atoms with Crippen LogP contribution in [0.5, 0.6) is 5.75 Å². The molecule has 20 heavy (non-hydrogen) atoms. The molecule has 0 amide bonds. The molecule has 0 saturated carbocycles. The summed E-state index contributed by atoms with van der Waals surface area (Å²) in [6.45, 7) is 4.74. The molecule has 0 saturated heterocycles. The van der Waals surface area contributed by atoms with Gasteiger partial charge in [0.15, 0.2) is 0 Å². The Morgan fingerprint density at radius 2 is 2.25 bits per heavy atom. The van der Waals surface area contributed by atoms with Crippen molar-refractivity contribution < 1.29 is 4.74 Å². The zero-order valence-electron chi connectivity index (χ0n) is 11.8. The van der Waals surface area contributed by atoms with E-state index in [-0.39, 0.29) is 11.6 Å². The molecule has 1 aromatic heterocycles. The largest absolute Gasteiger partial charge is 0.497 e. The maximum atomic E-state index is 11.7. The van der Waals surface area contributed by atoms with Crippen LogP contribution < -0.4 is 15.2 Å². The van der Waals surface area contributed by atoms with E-state index >= 15 is 0 Å². The number of H-pyrrole nitrogens is 1. The van der Waals surface area contributed by atoms with E-state index in [1.165, 1.54) is 11.1 Å². The number of hydrogen-bond donors (Lipinski definition) is 1. The molecule has 0 radical (unpaired) electrons. The monoisotopic (exact) mass is 271 g/mol. The van der Waals surface area contributed by atoms with E-state index in [0.717, 1.165) is 18.0 Å². The van der Waals surface area contributed by atoms with E-state index in [4.69, 9.17) is 4.74 Å². The lowest BCUT2D eigenvalue weighted by Gasteiger charge is -2.25. The molecule has 104 valence electrons. The zero-order valence-corrected chi connectivity index (χ0v) is 11.8. The summed E-state index contributed by atoms with van der Waals surface area (Å²) in [7, 11) is 1.67. The molecule has 0 bridgehead atoms. The maximum absolute atomic E-state index is 11.7. The van der Waals surface area contributed by atoms with Gasteiger partial charge in [0.25, 0.3) is 5.56 Å². The van der Waals surface area contributed by atoms with Crippen LogP contribution in [0.3, 0.4) is 0 Å². The summed E-state index contributed by atoms with van der Waals surface area (Å²) in [5.74, 6) is 0.859. The predicted molar refractivity (Wildman–Crippen MR) is 77.2 cm³/mol. The van der Waals surface area contributed by atoms with Gasteiger partial charge in [0.1, 0.15) is 5.75 Å².